The highest BCUT2D eigenvalue weighted by molar-refractivity contribution is 6.02. The fourth-order valence-electron chi connectivity index (χ4n) is 3.47. The molecule has 2 fully saturated rings. The van der Waals surface area contributed by atoms with Crippen LogP contribution in [0.3, 0.4) is 0 Å². The first kappa shape index (κ1) is 17.8. The maximum Gasteiger partial charge on any atom is 0.256 e. The smallest absolute Gasteiger partial charge is 0.256 e. The molecule has 1 aromatic carbocycles. The number of anilines is 2. The maximum absolute atomic E-state index is 13.1. The number of carbonyl (C=O) groups excluding carboxylic acids is 2. The summed E-state index contributed by atoms with van der Waals surface area (Å²) >= 11 is 0. The van der Waals surface area contributed by atoms with Crippen LogP contribution in [0.4, 0.5) is 11.4 Å². The van der Waals surface area contributed by atoms with E-state index in [0.717, 1.165) is 56.6 Å². The highest BCUT2D eigenvalue weighted by atomic mass is 16.2. The summed E-state index contributed by atoms with van der Waals surface area (Å²) in [5.41, 5.74) is 2.28. The Morgan fingerprint density at radius 2 is 1.80 bits per heavy atom. The van der Waals surface area contributed by atoms with Gasteiger partial charge in [0.05, 0.1) is 5.56 Å². The van der Waals surface area contributed by atoms with Gasteiger partial charge in [-0.2, -0.15) is 0 Å². The Labute approximate surface area is 150 Å². The summed E-state index contributed by atoms with van der Waals surface area (Å²) in [5.74, 6) is 0.964. The molecule has 1 heterocycles. The molecule has 1 aliphatic heterocycles. The molecule has 0 radical (unpaired) electrons. The lowest BCUT2D eigenvalue weighted by molar-refractivity contribution is -0.122. The van der Waals surface area contributed by atoms with Gasteiger partial charge in [0.15, 0.2) is 0 Å². The van der Waals surface area contributed by atoms with Crippen molar-refractivity contribution in [2.24, 2.45) is 11.8 Å². The Kier molecular flexibility index (Phi) is 5.30. The highest BCUT2D eigenvalue weighted by Crippen LogP contribution is 2.30. The Morgan fingerprint density at radius 3 is 2.36 bits per heavy atom. The SMILES string of the molecule is CC1CCN(C(=O)c2cc(NC(=O)C3CCC3)ccc2N(C)C)CC1. The molecule has 1 N–H and O–H groups in total. The molecule has 0 atom stereocenters. The number of hydrogen-bond acceptors (Lipinski definition) is 3. The number of nitrogens with zero attached hydrogens (tertiary/aromatic N) is 2. The molecule has 0 bridgehead atoms. The second kappa shape index (κ2) is 7.46. The Bertz CT molecular complexity index is 644. The predicted molar refractivity (Wildman–Crippen MR) is 101 cm³/mol. The number of carbonyl (C=O) groups is 2. The number of rotatable bonds is 4. The normalized spacial score (nSPS) is 18.6. The minimum atomic E-state index is 0.0651. The summed E-state index contributed by atoms with van der Waals surface area (Å²) in [6, 6.07) is 5.66. The van der Waals surface area contributed by atoms with Gasteiger partial charge in [-0.15, -0.1) is 0 Å². The van der Waals surface area contributed by atoms with Gasteiger partial charge in [-0.05, 0) is 49.8 Å². The van der Waals surface area contributed by atoms with Crippen molar-refractivity contribution in [2.45, 2.75) is 39.0 Å². The zero-order valence-electron chi connectivity index (χ0n) is 15.5. The molecular weight excluding hydrogens is 314 g/mol. The summed E-state index contributed by atoms with van der Waals surface area (Å²) < 4.78 is 0. The van der Waals surface area contributed by atoms with Crippen LogP contribution in [0, 0.1) is 11.8 Å². The average molecular weight is 343 g/mol. The van der Waals surface area contributed by atoms with Crippen LogP contribution in [0.2, 0.25) is 0 Å². The molecule has 2 aliphatic rings. The first-order valence-electron chi connectivity index (χ1n) is 9.37. The van der Waals surface area contributed by atoms with Gasteiger partial charge in [-0.3, -0.25) is 9.59 Å². The van der Waals surface area contributed by atoms with E-state index in [1.807, 2.05) is 42.1 Å². The summed E-state index contributed by atoms with van der Waals surface area (Å²) in [5, 5.41) is 2.99. The minimum absolute atomic E-state index is 0.0651. The molecule has 1 saturated heterocycles. The molecule has 25 heavy (non-hydrogen) atoms. The van der Waals surface area contributed by atoms with Gasteiger partial charge in [-0.25, -0.2) is 0 Å². The minimum Gasteiger partial charge on any atom is -0.377 e. The Hall–Kier alpha value is -2.04. The second-order valence-corrected chi connectivity index (χ2v) is 7.72. The molecule has 5 nitrogen and oxygen atoms in total. The second-order valence-electron chi connectivity index (χ2n) is 7.72. The van der Waals surface area contributed by atoms with E-state index in [1.165, 1.54) is 0 Å². The molecule has 1 saturated carbocycles. The predicted octanol–water partition coefficient (Wildman–Crippen LogP) is 3.36. The van der Waals surface area contributed by atoms with Gasteiger partial charge >= 0.3 is 0 Å². The van der Waals surface area contributed by atoms with E-state index in [9.17, 15) is 9.59 Å². The van der Waals surface area contributed by atoms with Crippen molar-refractivity contribution in [3.63, 3.8) is 0 Å². The Balaban J connectivity index is 1.80. The Morgan fingerprint density at radius 1 is 1.12 bits per heavy atom. The van der Waals surface area contributed by atoms with Gasteiger partial charge in [0.25, 0.3) is 5.91 Å². The van der Waals surface area contributed by atoms with Crippen LogP contribution in [0.5, 0.6) is 0 Å². The van der Waals surface area contributed by atoms with Crippen LogP contribution in [-0.4, -0.2) is 43.9 Å². The third-order valence-electron chi connectivity index (χ3n) is 5.52. The van der Waals surface area contributed by atoms with Crippen LogP contribution < -0.4 is 10.2 Å². The van der Waals surface area contributed by atoms with Gasteiger partial charge in [0.1, 0.15) is 0 Å². The summed E-state index contributed by atoms with van der Waals surface area (Å²) in [4.78, 5) is 29.2. The maximum atomic E-state index is 13.1. The zero-order chi connectivity index (χ0) is 18.0. The molecular formula is C20H29N3O2. The lowest BCUT2D eigenvalue weighted by Crippen LogP contribution is -2.38. The summed E-state index contributed by atoms with van der Waals surface area (Å²) in [6.07, 6.45) is 5.19. The third-order valence-corrected chi connectivity index (χ3v) is 5.52. The van der Waals surface area contributed by atoms with Gasteiger partial charge in [0.2, 0.25) is 5.91 Å². The first-order chi connectivity index (χ1) is 12.0. The van der Waals surface area contributed by atoms with Crippen molar-refractivity contribution in [1.29, 1.82) is 0 Å². The number of amides is 2. The fourth-order valence-corrected chi connectivity index (χ4v) is 3.47. The van der Waals surface area contributed by atoms with E-state index < -0.39 is 0 Å². The number of likely N-dealkylation sites (tertiary alicyclic amines) is 1. The van der Waals surface area contributed by atoms with Crippen LogP contribution in [0.1, 0.15) is 49.4 Å². The fraction of sp³-hybridized carbons (Fsp3) is 0.600. The summed E-state index contributed by atoms with van der Waals surface area (Å²) in [7, 11) is 3.88. The molecule has 136 valence electrons. The van der Waals surface area contributed by atoms with E-state index in [-0.39, 0.29) is 17.7 Å². The number of hydrogen-bond donors (Lipinski definition) is 1. The summed E-state index contributed by atoms with van der Waals surface area (Å²) in [6.45, 7) is 3.86. The number of nitrogens with one attached hydrogen (secondary N) is 1. The van der Waals surface area contributed by atoms with Gasteiger partial charge in [-0.1, -0.05) is 13.3 Å². The molecule has 0 unspecified atom stereocenters. The van der Waals surface area contributed by atoms with E-state index in [4.69, 9.17) is 0 Å². The molecule has 0 spiro atoms. The van der Waals surface area contributed by atoms with Crippen LogP contribution >= 0.6 is 0 Å². The van der Waals surface area contributed by atoms with Gasteiger partial charge in [0, 0.05) is 44.5 Å². The lowest BCUT2D eigenvalue weighted by atomic mass is 9.85. The molecule has 2 amide bonds. The van der Waals surface area contributed by atoms with Gasteiger partial charge < -0.3 is 15.1 Å². The van der Waals surface area contributed by atoms with Crippen LogP contribution in [0.25, 0.3) is 0 Å². The molecule has 1 aliphatic carbocycles. The monoisotopic (exact) mass is 343 g/mol. The van der Waals surface area contributed by atoms with Crippen molar-refractivity contribution < 1.29 is 9.59 Å². The molecule has 1 aromatic rings. The standard InChI is InChI=1S/C20H29N3O2/c1-14-9-11-23(12-10-14)20(25)17-13-16(7-8-18(17)22(2)3)21-19(24)15-5-4-6-15/h7-8,13-15H,4-6,9-12H2,1-3H3,(H,21,24). The van der Waals surface area contributed by atoms with E-state index in [2.05, 4.69) is 12.2 Å². The topological polar surface area (TPSA) is 52.7 Å². The van der Waals surface area contributed by atoms with Crippen LogP contribution in [-0.2, 0) is 4.79 Å². The van der Waals surface area contributed by atoms with Crippen molar-refractivity contribution in [3.8, 4) is 0 Å². The molecule has 3 rings (SSSR count). The zero-order valence-corrected chi connectivity index (χ0v) is 15.5. The highest BCUT2D eigenvalue weighted by Gasteiger charge is 2.27. The van der Waals surface area contributed by atoms with Crippen molar-refractivity contribution in [1.82, 2.24) is 4.90 Å². The lowest BCUT2D eigenvalue weighted by Gasteiger charge is -2.31. The molecule has 5 heteroatoms. The molecule has 0 aromatic heterocycles. The largest absolute Gasteiger partial charge is 0.377 e. The number of benzene rings is 1. The third kappa shape index (κ3) is 3.97. The van der Waals surface area contributed by atoms with Crippen LogP contribution in [0.15, 0.2) is 18.2 Å². The first-order valence-corrected chi connectivity index (χ1v) is 9.37. The van der Waals surface area contributed by atoms with Crippen molar-refractivity contribution >= 4 is 23.2 Å². The van der Waals surface area contributed by atoms with E-state index in [0.29, 0.717) is 11.5 Å². The van der Waals surface area contributed by atoms with E-state index >= 15 is 0 Å². The van der Waals surface area contributed by atoms with Crippen molar-refractivity contribution in [2.75, 3.05) is 37.4 Å². The number of piperidine rings is 1. The quantitative estimate of drug-likeness (QED) is 0.912. The van der Waals surface area contributed by atoms with E-state index in [1.54, 1.807) is 0 Å². The van der Waals surface area contributed by atoms with Crippen molar-refractivity contribution in [3.05, 3.63) is 23.8 Å². The average Bonchev–Trinajstić information content (AvgIpc) is 2.53.